The highest BCUT2D eigenvalue weighted by molar-refractivity contribution is 9.10. The molecule has 0 amide bonds. The largest absolute Gasteiger partial charge is 0.298 e. The highest BCUT2D eigenvalue weighted by Gasteiger charge is 2.17. The van der Waals surface area contributed by atoms with Crippen LogP contribution in [0.2, 0.25) is 0 Å². The molecule has 0 saturated carbocycles. The summed E-state index contributed by atoms with van der Waals surface area (Å²) in [7, 11) is 0.319. The second-order valence-corrected chi connectivity index (χ2v) is 6.73. The van der Waals surface area contributed by atoms with Crippen molar-refractivity contribution in [3.05, 3.63) is 58.1 Å². The Bertz CT molecular complexity index is 673. The minimum absolute atomic E-state index is 0.437. The molecule has 0 bridgehead atoms. The third kappa shape index (κ3) is 2.99. The summed E-state index contributed by atoms with van der Waals surface area (Å²) in [5.74, 6) is 0. The van der Waals surface area contributed by atoms with E-state index >= 15 is 0 Å². The zero-order valence-corrected chi connectivity index (χ0v) is 13.6. The number of aldehydes is 1. The lowest BCUT2D eigenvalue weighted by atomic mass is 10.2. The molecule has 104 valence electrons. The predicted molar refractivity (Wildman–Crippen MR) is 85.5 cm³/mol. The number of halogens is 1. The van der Waals surface area contributed by atoms with Crippen molar-refractivity contribution >= 4 is 38.9 Å². The number of nitrogens with zero attached hydrogens (tertiary/aromatic N) is 1. The quantitative estimate of drug-likeness (QED) is 0.787. The first-order valence-corrected chi connectivity index (χ1v) is 7.90. The van der Waals surface area contributed by atoms with E-state index < -0.39 is 11.0 Å². The normalized spacial score (nSPS) is 11.9. The monoisotopic (exact) mass is 351 g/mol. The summed E-state index contributed by atoms with van der Waals surface area (Å²) in [5.41, 5.74) is 2.35. The van der Waals surface area contributed by atoms with Crippen molar-refractivity contribution in [3.63, 3.8) is 0 Å². The summed E-state index contributed by atoms with van der Waals surface area (Å²) in [6.07, 6.45) is 0.728. The molecule has 0 aliphatic rings. The van der Waals surface area contributed by atoms with Crippen molar-refractivity contribution in [3.8, 4) is 0 Å². The van der Waals surface area contributed by atoms with Gasteiger partial charge in [-0.15, -0.1) is 0 Å². The van der Waals surface area contributed by atoms with Crippen molar-refractivity contribution in [2.45, 2.75) is 11.8 Å². The molecule has 1 unspecified atom stereocenters. The lowest BCUT2D eigenvalue weighted by Gasteiger charge is -2.21. The Hall–Kier alpha value is -1.46. The van der Waals surface area contributed by atoms with Crippen LogP contribution in [0.25, 0.3) is 0 Å². The maximum atomic E-state index is 12.7. The van der Waals surface area contributed by atoms with Gasteiger partial charge in [0.2, 0.25) is 0 Å². The summed E-state index contributed by atoms with van der Waals surface area (Å²) in [6.45, 7) is 1.96. The first-order valence-electron chi connectivity index (χ1n) is 6.00. The fourth-order valence-electron chi connectivity index (χ4n) is 1.91. The highest BCUT2D eigenvalue weighted by atomic mass is 79.9. The number of para-hydroxylation sites is 1. The molecule has 2 aromatic carbocycles. The summed E-state index contributed by atoms with van der Waals surface area (Å²) < 4.78 is 15.2. The Kier molecular flexibility index (Phi) is 4.73. The Balaban J connectivity index is 2.44. The fourth-order valence-corrected chi connectivity index (χ4v) is 3.65. The average Bonchev–Trinajstić information content (AvgIpc) is 2.46. The van der Waals surface area contributed by atoms with Gasteiger partial charge in [0.15, 0.2) is 17.3 Å². The van der Waals surface area contributed by atoms with E-state index in [1.54, 1.807) is 29.6 Å². The van der Waals surface area contributed by atoms with Gasteiger partial charge in [-0.1, -0.05) is 34.1 Å². The van der Waals surface area contributed by atoms with Crippen LogP contribution in [0, 0.1) is 6.92 Å². The number of anilines is 1. The van der Waals surface area contributed by atoms with Crippen molar-refractivity contribution in [1.29, 1.82) is 0 Å². The van der Waals surface area contributed by atoms with Crippen molar-refractivity contribution < 1.29 is 9.00 Å². The molecule has 5 heteroatoms. The van der Waals surface area contributed by atoms with E-state index in [0.29, 0.717) is 10.5 Å². The molecule has 3 nitrogen and oxygen atoms in total. The SMILES string of the molecule is Cc1ccccc1N(C)S(=O)c1cc(Br)ccc1C=O. The maximum absolute atomic E-state index is 12.7. The van der Waals surface area contributed by atoms with E-state index in [1.807, 2.05) is 31.2 Å². The lowest BCUT2D eigenvalue weighted by Crippen LogP contribution is -2.22. The third-order valence-electron chi connectivity index (χ3n) is 2.99. The molecule has 0 aliphatic heterocycles. The Labute approximate surface area is 129 Å². The van der Waals surface area contributed by atoms with Crippen LogP contribution in [-0.2, 0) is 11.0 Å². The zero-order chi connectivity index (χ0) is 14.7. The first kappa shape index (κ1) is 14.9. The third-order valence-corrected chi connectivity index (χ3v) is 4.91. The number of hydrogen-bond acceptors (Lipinski definition) is 2. The van der Waals surface area contributed by atoms with E-state index in [9.17, 15) is 9.00 Å². The fraction of sp³-hybridized carbons (Fsp3) is 0.133. The summed E-state index contributed by atoms with van der Waals surface area (Å²) >= 11 is 3.34. The molecule has 0 heterocycles. The van der Waals surface area contributed by atoms with Gasteiger partial charge in [-0.2, -0.15) is 0 Å². The van der Waals surface area contributed by atoms with Crippen molar-refractivity contribution in [2.75, 3.05) is 11.4 Å². The van der Waals surface area contributed by atoms with Crippen LogP contribution in [0.5, 0.6) is 0 Å². The van der Waals surface area contributed by atoms with Gasteiger partial charge in [0, 0.05) is 17.1 Å². The van der Waals surface area contributed by atoms with Gasteiger partial charge in [0.05, 0.1) is 10.6 Å². The van der Waals surface area contributed by atoms with Gasteiger partial charge in [-0.05, 0) is 36.8 Å². The predicted octanol–water partition coefficient (Wildman–Crippen LogP) is 3.73. The molecule has 0 fully saturated rings. The van der Waals surface area contributed by atoms with Crippen LogP contribution in [0.15, 0.2) is 51.8 Å². The van der Waals surface area contributed by atoms with Gasteiger partial charge in [0.1, 0.15) is 0 Å². The molecule has 0 radical (unpaired) electrons. The standard InChI is InChI=1S/C15H14BrNO2S/c1-11-5-3-4-6-14(11)17(2)20(19)15-9-13(16)8-7-12(15)10-18/h3-10H,1-2H3. The van der Waals surface area contributed by atoms with Crippen LogP contribution in [0.4, 0.5) is 5.69 Å². The highest BCUT2D eigenvalue weighted by Crippen LogP contribution is 2.25. The van der Waals surface area contributed by atoms with Crippen LogP contribution in [-0.4, -0.2) is 17.5 Å². The summed E-state index contributed by atoms with van der Waals surface area (Å²) in [5, 5.41) is 0. The number of carbonyl (C=O) groups excluding carboxylic acids is 1. The van der Waals surface area contributed by atoms with Gasteiger partial charge in [-0.3, -0.25) is 9.10 Å². The maximum Gasteiger partial charge on any atom is 0.153 e. The number of benzene rings is 2. The van der Waals surface area contributed by atoms with Gasteiger partial charge >= 0.3 is 0 Å². The van der Waals surface area contributed by atoms with Crippen LogP contribution in [0.3, 0.4) is 0 Å². The lowest BCUT2D eigenvalue weighted by molar-refractivity contribution is 0.112. The smallest absolute Gasteiger partial charge is 0.153 e. The molecular formula is C15H14BrNO2S. The van der Waals surface area contributed by atoms with E-state index in [0.717, 1.165) is 22.0 Å². The van der Waals surface area contributed by atoms with E-state index in [2.05, 4.69) is 15.9 Å². The Morgan fingerprint density at radius 1 is 1.20 bits per heavy atom. The minimum atomic E-state index is -1.44. The molecule has 2 rings (SSSR count). The summed E-state index contributed by atoms with van der Waals surface area (Å²) in [4.78, 5) is 11.6. The molecule has 20 heavy (non-hydrogen) atoms. The Morgan fingerprint density at radius 2 is 1.90 bits per heavy atom. The Morgan fingerprint density at radius 3 is 2.55 bits per heavy atom. The number of hydrogen-bond donors (Lipinski definition) is 0. The van der Waals surface area contributed by atoms with Gasteiger partial charge in [0.25, 0.3) is 0 Å². The van der Waals surface area contributed by atoms with Crippen molar-refractivity contribution in [1.82, 2.24) is 0 Å². The second kappa shape index (κ2) is 6.33. The van der Waals surface area contributed by atoms with E-state index in [-0.39, 0.29) is 0 Å². The number of carbonyl (C=O) groups is 1. The number of rotatable bonds is 4. The summed E-state index contributed by atoms with van der Waals surface area (Å²) in [6, 6.07) is 12.8. The first-order chi connectivity index (χ1) is 9.54. The van der Waals surface area contributed by atoms with Crippen LogP contribution < -0.4 is 4.31 Å². The van der Waals surface area contributed by atoms with Gasteiger partial charge < -0.3 is 0 Å². The van der Waals surface area contributed by atoms with E-state index in [4.69, 9.17) is 0 Å². The second-order valence-electron chi connectivity index (χ2n) is 4.33. The molecule has 0 saturated heterocycles. The van der Waals surface area contributed by atoms with Crippen molar-refractivity contribution in [2.24, 2.45) is 0 Å². The molecule has 0 aliphatic carbocycles. The number of aryl methyl sites for hydroxylation is 1. The molecule has 0 N–H and O–H groups in total. The van der Waals surface area contributed by atoms with Crippen LogP contribution >= 0.6 is 15.9 Å². The molecular weight excluding hydrogens is 338 g/mol. The molecule has 0 aromatic heterocycles. The van der Waals surface area contributed by atoms with Crippen LogP contribution in [0.1, 0.15) is 15.9 Å². The molecule has 0 spiro atoms. The zero-order valence-electron chi connectivity index (χ0n) is 11.2. The average molecular weight is 352 g/mol. The molecule has 1 atom stereocenters. The molecule has 2 aromatic rings. The minimum Gasteiger partial charge on any atom is -0.298 e. The van der Waals surface area contributed by atoms with Gasteiger partial charge in [-0.25, -0.2) is 4.21 Å². The van der Waals surface area contributed by atoms with E-state index in [1.165, 1.54) is 0 Å². The topological polar surface area (TPSA) is 37.4 Å².